The molecular weight excluding hydrogens is 473 g/mol. The molecule has 7 nitrogen and oxygen atoms in total. The van der Waals surface area contributed by atoms with Crippen LogP contribution in [-0.2, 0) is 11.0 Å². The van der Waals surface area contributed by atoms with Crippen molar-refractivity contribution in [3.05, 3.63) is 60.4 Å². The fraction of sp³-hybridized carbons (Fsp3) is 0.308. The molecule has 0 aliphatic heterocycles. The Morgan fingerprint density at radius 3 is 2.39 bits per heavy atom. The first-order valence-electron chi connectivity index (χ1n) is 11.6. The molecule has 1 aliphatic carbocycles. The molecule has 2 N–H and O–H groups in total. The standard InChI is InChI=1S/C26H23F3N4O3/c27-26(28,29)18-5-9-21-22(12-18)33-25(32-21)17-3-8-20(30-14-17)16-4-10-23(31-13-16)36-19-6-1-15(2-7-19)11-24(34)35/h3-5,8-10,12-15,19H,1-2,6-7,11H2,(H,32,33)(H,34,35)/t15-,19+. The summed E-state index contributed by atoms with van der Waals surface area (Å²) in [5, 5.41) is 8.94. The van der Waals surface area contributed by atoms with E-state index in [4.69, 9.17) is 9.84 Å². The number of nitrogens with one attached hydrogen (secondary N) is 1. The number of carboxylic acids is 1. The first-order valence-corrected chi connectivity index (χ1v) is 11.6. The molecule has 1 fully saturated rings. The fourth-order valence-electron chi connectivity index (χ4n) is 4.50. The van der Waals surface area contributed by atoms with Crippen LogP contribution < -0.4 is 4.74 Å². The summed E-state index contributed by atoms with van der Waals surface area (Å²) in [4.78, 5) is 27.0. The van der Waals surface area contributed by atoms with Crippen molar-refractivity contribution >= 4 is 17.0 Å². The number of carboxylic acid groups (broad SMARTS) is 1. The van der Waals surface area contributed by atoms with Gasteiger partial charge in [-0.05, 0) is 68.0 Å². The fourth-order valence-corrected chi connectivity index (χ4v) is 4.50. The third-order valence-electron chi connectivity index (χ3n) is 6.42. The van der Waals surface area contributed by atoms with Crippen LogP contribution in [0, 0.1) is 5.92 Å². The Balaban J connectivity index is 1.23. The number of H-pyrrole nitrogens is 1. The summed E-state index contributed by atoms with van der Waals surface area (Å²) >= 11 is 0. The van der Waals surface area contributed by atoms with Gasteiger partial charge < -0.3 is 14.8 Å². The third kappa shape index (κ3) is 5.32. The van der Waals surface area contributed by atoms with E-state index in [9.17, 15) is 18.0 Å². The van der Waals surface area contributed by atoms with Gasteiger partial charge in [0.05, 0.1) is 22.3 Å². The van der Waals surface area contributed by atoms with Crippen LogP contribution in [0.25, 0.3) is 33.7 Å². The van der Waals surface area contributed by atoms with Crippen molar-refractivity contribution in [3.8, 4) is 28.5 Å². The van der Waals surface area contributed by atoms with Crippen molar-refractivity contribution in [1.29, 1.82) is 0 Å². The van der Waals surface area contributed by atoms with Crippen LogP contribution in [0.1, 0.15) is 37.7 Å². The zero-order valence-electron chi connectivity index (χ0n) is 19.1. The first kappa shape index (κ1) is 23.8. The maximum Gasteiger partial charge on any atom is 0.416 e. The lowest BCUT2D eigenvalue weighted by molar-refractivity contribution is -0.139. The number of aromatic nitrogens is 4. The minimum absolute atomic E-state index is 0.0295. The topological polar surface area (TPSA) is 101 Å². The van der Waals surface area contributed by atoms with Gasteiger partial charge in [0, 0.05) is 36.0 Å². The highest BCUT2D eigenvalue weighted by Crippen LogP contribution is 2.32. The Labute approximate surface area is 204 Å². The molecule has 0 spiro atoms. The molecule has 186 valence electrons. The lowest BCUT2D eigenvalue weighted by Crippen LogP contribution is -2.25. The van der Waals surface area contributed by atoms with E-state index < -0.39 is 17.7 Å². The van der Waals surface area contributed by atoms with Gasteiger partial charge in [-0.2, -0.15) is 13.2 Å². The summed E-state index contributed by atoms with van der Waals surface area (Å²) in [6, 6.07) is 10.7. The molecule has 0 saturated heterocycles. The number of carbonyl (C=O) groups is 1. The second-order valence-electron chi connectivity index (χ2n) is 8.99. The summed E-state index contributed by atoms with van der Waals surface area (Å²) in [5.41, 5.74) is 2.12. The van der Waals surface area contributed by atoms with E-state index in [2.05, 4.69) is 19.9 Å². The highest BCUT2D eigenvalue weighted by molar-refractivity contribution is 5.80. The van der Waals surface area contributed by atoms with Crippen molar-refractivity contribution in [2.24, 2.45) is 5.92 Å². The molecule has 0 amide bonds. The minimum Gasteiger partial charge on any atom is -0.481 e. The molecule has 0 bridgehead atoms. The average molecular weight is 496 g/mol. The molecule has 1 saturated carbocycles. The summed E-state index contributed by atoms with van der Waals surface area (Å²) in [6.07, 6.45) is 2.38. The van der Waals surface area contributed by atoms with Crippen LogP contribution in [0.5, 0.6) is 5.88 Å². The quantitative estimate of drug-likeness (QED) is 0.334. The lowest BCUT2D eigenvalue weighted by Gasteiger charge is -2.27. The lowest BCUT2D eigenvalue weighted by atomic mass is 9.85. The van der Waals surface area contributed by atoms with Gasteiger partial charge in [-0.3, -0.25) is 9.78 Å². The monoisotopic (exact) mass is 496 g/mol. The Kier molecular flexibility index (Phi) is 6.34. The Morgan fingerprint density at radius 1 is 1.00 bits per heavy atom. The molecule has 0 unspecified atom stereocenters. The van der Waals surface area contributed by atoms with Crippen molar-refractivity contribution < 1.29 is 27.8 Å². The van der Waals surface area contributed by atoms with E-state index in [0.29, 0.717) is 28.5 Å². The number of hydrogen-bond donors (Lipinski definition) is 2. The number of imidazole rings is 1. The van der Waals surface area contributed by atoms with Crippen LogP contribution in [0.4, 0.5) is 13.2 Å². The highest BCUT2D eigenvalue weighted by atomic mass is 19.4. The molecule has 0 atom stereocenters. The van der Waals surface area contributed by atoms with Crippen LogP contribution in [0.3, 0.4) is 0 Å². The number of hydrogen-bond acceptors (Lipinski definition) is 5. The number of alkyl halides is 3. The van der Waals surface area contributed by atoms with Gasteiger partial charge in [0.15, 0.2) is 0 Å². The minimum atomic E-state index is -4.42. The van der Waals surface area contributed by atoms with Crippen LogP contribution in [0.2, 0.25) is 0 Å². The van der Waals surface area contributed by atoms with Crippen molar-refractivity contribution in [3.63, 3.8) is 0 Å². The predicted octanol–water partition coefficient (Wildman–Crippen LogP) is 6.12. The molecule has 3 aromatic heterocycles. The molecule has 4 aromatic rings. The van der Waals surface area contributed by atoms with E-state index in [-0.39, 0.29) is 24.0 Å². The Hall–Kier alpha value is -3.95. The molecule has 36 heavy (non-hydrogen) atoms. The van der Waals surface area contributed by atoms with Gasteiger partial charge in [0.2, 0.25) is 5.88 Å². The van der Waals surface area contributed by atoms with E-state index in [1.165, 1.54) is 6.07 Å². The Bertz CT molecular complexity index is 1360. The van der Waals surface area contributed by atoms with Gasteiger partial charge in [-0.1, -0.05) is 0 Å². The molecule has 5 rings (SSSR count). The largest absolute Gasteiger partial charge is 0.481 e. The number of rotatable bonds is 6. The number of nitrogens with zero attached hydrogens (tertiary/aromatic N) is 3. The summed E-state index contributed by atoms with van der Waals surface area (Å²) in [7, 11) is 0. The van der Waals surface area contributed by atoms with Gasteiger partial charge in [-0.25, -0.2) is 9.97 Å². The van der Waals surface area contributed by atoms with Crippen molar-refractivity contribution in [2.75, 3.05) is 0 Å². The molecular formula is C26H23F3N4O3. The number of benzene rings is 1. The second kappa shape index (κ2) is 9.60. The maximum atomic E-state index is 13.0. The van der Waals surface area contributed by atoms with E-state index in [1.54, 1.807) is 30.6 Å². The van der Waals surface area contributed by atoms with Crippen LogP contribution >= 0.6 is 0 Å². The first-order chi connectivity index (χ1) is 17.2. The van der Waals surface area contributed by atoms with E-state index in [1.807, 2.05) is 6.07 Å². The van der Waals surface area contributed by atoms with Gasteiger partial charge in [0.1, 0.15) is 11.9 Å². The van der Waals surface area contributed by atoms with Gasteiger partial charge in [0.25, 0.3) is 0 Å². The number of aromatic amines is 1. The normalized spacial score (nSPS) is 18.3. The average Bonchev–Trinajstić information content (AvgIpc) is 3.29. The number of pyridine rings is 2. The smallest absolute Gasteiger partial charge is 0.416 e. The zero-order valence-corrected chi connectivity index (χ0v) is 19.1. The third-order valence-corrected chi connectivity index (χ3v) is 6.42. The van der Waals surface area contributed by atoms with Crippen LogP contribution in [-0.4, -0.2) is 37.1 Å². The SMILES string of the molecule is O=C(O)C[C@H]1CC[C@@H](Oc2ccc(-c3ccc(-c4nc5cc(C(F)(F)F)ccc5[nH]4)cn3)cn2)CC1. The predicted molar refractivity (Wildman–Crippen MR) is 126 cm³/mol. The molecule has 3 heterocycles. The van der Waals surface area contributed by atoms with Gasteiger partial charge >= 0.3 is 12.1 Å². The van der Waals surface area contributed by atoms with Crippen molar-refractivity contribution in [1.82, 2.24) is 19.9 Å². The number of fused-ring (bicyclic) bond motifs is 1. The molecule has 0 radical (unpaired) electrons. The number of aliphatic carboxylic acids is 1. The van der Waals surface area contributed by atoms with Crippen molar-refractivity contribution in [2.45, 2.75) is 44.4 Å². The second-order valence-corrected chi connectivity index (χ2v) is 8.99. The number of halogens is 3. The Morgan fingerprint density at radius 2 is 1.75 bits per heavy atom. The molecule has 10 heteroatoms. The molecule has 1 aliphatic rings. The van der Waals surface area contributed by atoms with E-state index in [0.717, 1.165) is 43.4 Å². The van der Waals surface area contributed by atoms with Crippen LogP contribution in [0.15, 0.2) is 54.9 Å². The summed E-state index contributed by atoms with van der Waals surface area (Å²) in [6.45, 7) is 0. The highest BCUT2D eigenvalue weighted by Gasteiger charge is 2.31. The zero-order chi connectivity index (χ0) is 25.3. The summed E-state index contributed by atoms with van der Waals surface area (Å²) in [5.74, 6) is 0.403. The molecule has 1 aromatic carbocycles. The number of ether oxygens (including phenoxy) is 1. The summed E-state index contributed by atoms with van der Waals surface area (Å²) < 4.78 is 44.9. The van der Waals surface area contributed by atoms with Gasteiger partial charge in [-0.15, -0.1) is 0 Å². The maximum absolute atomic E-state index is 13.0. The van der Waals surface area contributed by atoms with E-state index >= 15 is 0 Å².